The van der Waals surface area contributed by atoms with Crippen molar-refractivity contribution >= 4 is 5.82 Å². The van der Waals surface area contributed by atoms with Crippen LogP contribution in [0, 0.1) is 17.5 Å². The highest BCUT2D eigenvalue weighted by Gasteiger charge is 2.19. The van der Waals surface area contributed by atoms with E-state index < -0.39 is 17.5 Å². The van der Waals surface area contributed by atoms with E-state index in [2.05, 4.69) is 5.16 Å². The number of hydrogen-bond acceptors (Lipinski definition) is 3. The van der Waals surface area contributed by atoms with Gasteiger partial charge < -0.3 is 10.3 Å². The van der Waals surface area contributed by atoms with Crippen LogP contribution in [0.2, 0.25) is 0 Å². The molecule has 0 fully saturated rings. The van der Waals surface area contributed by atoms with Crippen LogP contribution in [0.1, 0.15) is 0 Å². The first-order valence-corrected chi connectivity index (χ1v) is 6.03. The van der Waals surface area contributed by atoms with Crippen molar-refractivity contribution in [1.82, 2.24) is 5.16 Å². The molecule has 6 heteroatoms. The molecule has 106 valence electrons. The summed E-state index contributed by atoms with van der Waals surface area (Å²) in [5.41, 5.74) is 6.77. The molecule has 0 amide bonds. The molecule has 0 unspecified atom stereocenters. The zero-order valence-electron chi connectivity index (χ0n) is 10.6. The number of rotatable bonds is 2. The Morgan fingerprint density at radius 2 is 1.71 bits per heavy atom. The summed E-state index contributed by atoms with van der Waals surface area (Å²) in [5, 5.41) is 3.62. The zero-order chi connectivity index (χ0) is 15.0. The topological polar surface area (TPSA) is 52.0 Å². The summed E-state index contributed by atoms with van der Waals surface area (Å²) in [4.78, 5) is 0. The fourth-order valence-electron chi connectivity index (χ4n) is 2.06. The molecule has 0 aliphatic heterocycles. The standard InChI is InChI=1S/C15H9F3N2O/c16-10-3-1-2-8(6-10)13-14(21-20-15(13)19)9-4-5-11(17)12(18)7-9/h1-7H,(H2,19,20). The largest absolute Gasteiger partial charge is 0.380 e. The quantitative estimate of drug-likeness (QED) is 0.776. The number of nitrogen functional groups attached to an aromatic ring is 1. The van der Waals surface area contributed by atoms with Gasteiger partial charge in [0.25, 0.3) is 0 Å². The predicted molar refractivity (Wildman–Crippen MR) is 71.7 cm³/mol. The Kier molecular flexibility index (Phi) is 3.13. The number of anilines is 1. The second-order valence-corrected chi connectivity index (χ2v) is 4.41. The molecule has 2 aromatic carbocycles. The Bertz CT molecular complexity index is 814. The van der Waals surface area contributed by atoms with Crippen LogP contribution in [0.5, 0.6) is 0 Å². The monoisotopic (exact) mass is 290 g/mol. The molecule has 0 atom stereocenters. The van der Waals surface area contributed by atoms with Gasteiger partial charge >= 0.3 is 0 Å². The van der Waals surface area contributed by atoms with Crippen LogP contribution in [0.3, 0.4) is 0 Å². The van der Waals surface area contributed by atoms with Crippen LogP contribution in [-0.2, 0) is 0 Å². The lowest BCUT2D eigenvalue weighted by Crippen LogP contribution is -1.90. The number of benzene rings is 2. The van der Waals surface area contributed by atoms with Crippen LogP contribution >= 0.6 is 0 Å². The third-order valence-corrected chi connectivity index (χ3v) is 3.01. The van der Waals surface area contributed by atoms with Crippen molar-refractivity contribution < 1.29 is 17.7 Å². The first-order chi connectivity index (χ1) is 10.1. The van der Waals surface area contributed by atoms with Gasteiger partial charge in [0.05, 0.1) is 5.56 Å². The van der Waals surface area contributed by atoms with Crippen molar-refractivity contribution in [3.05, 3.63) is 59.9 Å². The van der Waals surface area contributed by atoms with Gasteiger partial charge in [-0.2, -0.15) is 0 Å². The lowest BCUT2D eigenvalue weighted by molar-refractivity contribution is 0.435. The number of hydrogen-bond donors (Lipinski definition) is 1. The predicted octanol–water partition coefficient (Wildman–Crippen LogP) is 4.01. The van der Waals surface area contributed by atoms with E-state index in [1.54, 1.807) is 6.07 Å². The fourth-order valence-corrected chi connectivity index (χ4v) is 2.06. The lowest BCUT2D eigenvalue weighted by atomic mass is 10.0. The van der Waals surface area contributed by atoms with Gasteiger partial charge in [0.15, 0.2) is 23.2 Å². The van der Waals surface area contributed by atoms with Crippen LogP contribution < -0.4 is 5.73 Å². The van der Waals surface area contributed by atoms with Crippen molar-refractivity contribution in [1.29, 1.82) is 0 Å². The van der Waals surface area contributed by atoms with Crippen LogP contribution in [0.15, 0.2) is 47.0 Å². The van der Waals surface area contributed by atoms with Gasteiger partial charge in [-0.15, -0.1) is 0 Å². The number of halogens is 3. The molecule has 3 rings (SSSR count). The van der Waals surface area contributed by atoms with Crippen LogP contribution in [-0.4, -0.2) is 5.16 Å². The third-order valence-electron chi connectivity index (χ3n) is 3.01. The molecule has 0 radical (unpaired) electrons. The highest BCUT2D eigenvalue weighted by Crippen LogP contribution is 2.37. The Balaban J connectivity index is 2.19. The summed E-state index contributed by atoms with van der Waals surface area (Å²) in [5.74, 6) is -2.26. The molecule has 3 aromatic rings. The van der Waals surface area contributed by atoms with E-state index in [9.17, 15) is 13.2 Å². The summed E-state index contributed by atoms with van der Waals surface area (Å²) in [6.45, 7) is 0. The van der Waals surface area contributed by atoms with E-state index in [-0.39, 0.29) is 17.1 Å². The van der Waals surface area contributed by atoms with E-state index in [1.807, 2.05) is 0 Å². The van der Waals surface area contributed by atoms with Gasteiger partial charge in [0, 0.05) is 5.56 Å². The fraction of sp³-hybridized carbons (Fsp3) is 0. The Morgan fingerprint density at radius 1 is 0.905 bits per heavy atom. The molecule has 1 aromatic heterocycles. The van der Waals surface area contributed by atoms with Gasteiger partial charge in [0.2, 0.25) is 0 Å². The third kappa shape index (κ3) is 2.35. The molecule has 0 aliphatic carbocycles. The van der Waals surface area contributed by atoms with Crippen molar-refractivity contribution in [2.24, 2.45) is 0 Å². The van der Waals surface area contributed by atoms with Gasteiger partial charge in [-0.05, 0) is 35.9 Å². The van der Waals surface area contributed by atoms with Crippen molar-refractivity contribution in [3.63, 3.8) is 0 Å². The highest BCUT2D eigenvalue weighted by atomic mass is 19.2. The molecule has 2 N–H and O–H groups in total. The second kappa shape index (κ2) is 4.97. The second-order valence-electron chi connectivity index (χ2n) is 4.41. The van der Waals surface area contributed by atoms with Gasteiger partial charge in [-0.25, -0.2) is 13.2 Å². The highest BCUT2D eigenvalue weighted by molar-refractivity contribution is 5.86. The maximum atomic E-state index is 13.3. The van der Waals surface area contributed by atoms with E-state index in [1.165, 1.54) is 24.3 Å². The SMILES string of the molecule is Nc1noc(-c2ccc(F)c(F)c2)c1-c1cccc(F)c1. The molecule has 1 heterocycles. The van der Waals surface area contributed by atoms with Crippen LogP contribution in [0.25, 0.3) is 22.5 Å². The van der Waals surface area contributed by atoms with Crippen LogP contribution in [0.4, 0.5) is 19.0 Å². The molecule has 0 spiro atoms. The van der Waals surface area contributed by atoms with E-state index >= 15 is 0 Å². The molecule has 0 saturated heterocycles. The van der Waals surface area contributed by atoms with Gasteiger partial charge in [0.1, 0.15) is 5.82 Å². The number of nitrogens with zero attached hydrogens (tertiary/aromatic N) is 1. The number of nitrogens with two attached hydrogens (primary N) is 1. The first kappa shape index (κ1) is 13.2. The molecule has 0 bridgehead atoms. The Morgan fingerprint density at radius 3 is 2.43 bits per heavy atom. The normalized spacial score (nSPS) is 10.8. The molecule has 3 nitrogen and oxygen atoms in total. The first-order valence-electron chi connectivity index (χ1n) is 6.03. The van der Waals surface area contributed by atoms with E-state index in [4.69, 9.17) is 10.3 Å². The summed E-state index contributed by atoms with van der Waals surface area (Å²) in [6.07, 6.45) is 0. The minimum Gasteiger partial charge on any atom is -0.380 e. The maximum Gasteiger partial charge on any atom is 0.177 e. The number of aromatic nitrogens is 1. The van der Waals surface area contributed by atoms with Gasteiger partial charge in [-0.1, -0.05) is 17.3 Å². The van der Waals surface area contributed by atoms with Gasteiger partial charge in [-0.3, -0.25) is 0 Å². The average Bonchev–Trinajstić information content (AvgIpc) is 2.84. The maximum absolute atomic E-state index is 13.3. The molecule has 0 saturated carbocycles. The molecule has 0 aliphatic rings. The van der Waals surface area contributed by atoms with E-state index in [0.717, 1.165) is 12.1 Å². The summed E-state index contributed by atoms with van der Waals surface area (Å²) in [6, 6.07) is 8.94. The van der Waals surface area contributed by atoms with Crippen molar-refractivity contribution in [3.8, 4) is 22.5 Å². The molecule has 21 heavy (non-hydrogen) atoms. The lowest BCUT2D eigenvalue weighted by Gasteiger charge is -2.03. The summed E-state index contributed by atoms with van der Waals surface area (Å²) >= 11 is 0. The van der Waals surface area contributed by atoms with Crippen molar-refractivity contribution in [2.45, 2.75) is 0 Å². The smallest absolute Gasteiger partial charge is 0.177 e. The summed E-state index contributed by atoms with van der Waals surface area (Å²) < 4.78 is 44.8. The minimum atomic E-state index is -1.02. The van der Waals surface area contributed by atoms with E-state index in [0.29, 0.717) is 11.1 Å². The molecular formula is C15H9F3N2O. The zero-order valence-corrected chi connectivity index (χ0v) is 10.6. The Labute approximate surface area is 117 Å². The molecular weight excluding hydrogens is 281 g/mol. The van der Waals surface area contributed by atoms with Crippen molar-refractivity contribution in [2.75, 3.05) is 5.73 Å². The average molecular weight is 290 g/mol. The summed E-state index contributed by atoms with van der Waals surface area (Å²) in [7, 11) is 0. The minimum absolute atomic E-state index is 0.0420. The Hall–Kier alpha value is -2.76.